The fraction of sp³-hybridized carbons (Fsp3) is 0.100. The third-order valence-corrected chi connectivity index (χ3v) is 4.39. The van der Waals surface area contributed by atoms with Crippen LogP contribution < -0.4 is 9.64 Å². The van der Waals surface area contributed by atoms with Crippen LogP contribution in [0.1, 0.15) is 11.3 Å². The molecule has 4 nitrogen and oxygen atoms in total. The first kappa shape index (κ1) is 16.5. The van der Waals surface area contributed by atoms with Gasteiger partial charge in [0.05, 0.1) is 22.0 Å². The molecule has 0 bridgehead atoms. The maximum absolute atomic E-state index is 14.0. The van der Waals surface area contributed by atoms with Gasteiger partial charge in [0.2, 0.25) is 0 Å². The molecule has 0 unspecified atom stereocenters. The minimum atomic E-state index is -0.294. The van der Waals surface area contributed by atoms with Gasteiger partial charge in [0.1, 0.15) is 24.8 Å². The lowest BCUT2D eigenvalue weighted by Gasteiger charge is -2.28. The molecule has 1 aliphatic rings. The first-order valence-corrected chi connectivity index (χ1v) is 8.48. The Balaban J connectivity index is 1.57. The van der Waals surface area contributed by atoms with Crippen molar-refractivity contribution in [2.75, 3.05) is 11.6 Å². The Morgan fingerprint density at radius 3 is 2.85 bits per heavy atom. The van der Waals surface area contributed by atoms with Crippen LogP contribution >= 0.6 is 11.6 Å². The topological polar surface area (TPSA) is 37.7 Å². The van der Waals surface area contributed by atoms with Gasteiger partial charge in [-0.25, -0.2) is 4.39 Å². The predicted molar refractivity (Wildman–Crippen MR) is 101 cm³/mol. The zero-order chi connectivity index (χ0) is 17.9. The van der Waals surface area contributed by atoms with Gasteiger partial charge in [-0.15, -0.1) is 0 Å². The third-order valence-electron chi connectivity index (χ3n) is 4.09. The van der Waals surface area contributed by atoms with E-state index in [9.17, 15) is 4.39 Å². The minimum Gasteiger partial charge on any atom is -0.486 e. The van der Waals surface area contributed by atoms with Crippen LogP contribution in [0.25, 0.3) is 0 Å². The minimum absolute atomic E-state index is 0.294. The molecule has 0 fully saturated rings. The Morgan fingerprint density at radius 1 is 1.12 bits per heavy atom. The highest BCUT2D eigenvalue weighted by molar-refractivity contribution is 6.32. The standard InChI is InChI=1S/C20H15ClFN3O/c21-17-10-15(7-8-20(17)26-12-14-4-1-2-9-24-14)25-13-23-11-16-18(22)5-3-6-19(16)25/h1-11H,12-13H2. The molecule has 0 saturated carbocycles. The van der Waals surface area contributed by atoms with Crippen molar-refractivity contribution < 1.29 is 9.13 Å². The highest BCUT2D eigenvalue weighted by Crippen LogP contribution is 2.36. The molecule has 0 radical (unpaired) electrons. The first-order chi connectivity index (χ1) is 12.7. The van der Waals surface area contributed by atoms with E-state index in [1.807, 2.05) is 35.2 Å². The lowest BCUT2D eigenvalue weighted by molar-refractivity contribution is 0.301. The SMILES string of the molecule is Fc1cccc2c1C=NCN2c1ccc(OCc2ccccn2)c(Cl)c1. The second-order valence-electron chi connectivity index (χ2n) is 5.78. The molecule has 3 aromatic rings. The van der Waals surface area contributed by atoms with Crippen molar-refractivity contribution in [1.29, 1.82) is 0 Å². The Kier molecular flexibility index (Phi) is 4.54. The smallest absolute Gasteiger partial charge is 0.138 e. The summed E-state index contributed by atoms with van der Waals surface area (Å²) in [4.78, 5) is 10.4. The summed E-state index contributed by atoms with van der Waals surface area (Å²) >= 11 is 6.39. The monoisotopic (exact) mass is 367 g/mol. The van der Waals surface area contributed by atoms with Gasteiger partial charge in [0.15, 0.2) is 0 Å². The fourth-order valence-electron chi connectivity index (χ4n) is 2.81. The Labute approximate surface area is 155 Å². The summed E-state index contributed by atoms with van der Waals surface area (Å²) in [6.07, 6.45) is 3.28. The van der Waals surface area contributed by atoms with Gasteiger partial charge >= 0.3 is 0 Å². The number of nitrogens with zero attached hydrogens (tertiary/aromatic N) is 3. The zero-order valence-corrected chi connectivity index (χ0v) is 14.5. The molecule has 0 saturated heterocycles. The van der Waals surface area contributed by atoms with Crippen molar-refractivity contribution in [3.05, 3.63) is 82.9 Å². The molecule has 130 valence electrons. The predicted octanol–water partition coefficient (Wildman–Crippen LogP) is 4.98. The molecule has 0 amide bonds. The van der Waals surface area contributed by atoms with Crippen LogP contribution in [0.2, 0.25) is 5.02 Å². The molecule has 1 aliphatic heterocycles. The Hall–Kier alpha value is -2.92. The second-order valence-corrected chi connectivity index (χ2v) is 6.19. The van der Waals surface area contributed by atoms with E-state index in [4.69, 9.17) is 16.3 Å². The van der Waals surface area contributed by atoms with Crippen LogP contribution in [-0.4, -0.2) is 17.9 Å². The van der Waals surface area contributed by atoms with Crippen LogP contribution in [0.5, 0.6) is 5.75 Å². The average Bonchev–Trinajstić information content (AvgIpc) is 2.68. The lowest BCUT2D eigenvalue weighted by Crippen LogP contribution is -2.22. The van der Waals surface area contributed by atoms with Crippen LogP contribution in [-0.2, 0) is 6.61 Å². The summed E-state index contributed by atoms with van der Waals surface area (Å²) in [5.41, 5.74) is 2.88. The maximum atomic E-state index is 14.0. The van der Waals surface area contributed by atoms with Crippen LogP contribution in [0.15, 0.2) is 65.8 Å². The summed E-state index contributed by atoms with van der Waals surface area (Å²) < 4.78 is 19.7. The number of anilines is 2. The molecule has 0 N–H and O–H groups in total. The van der Waals surface area contributed by atoms with Gasteiger partial charge in [-0.05, 0) is 42.5 Å². The number of fused-ring (bicyclic) bond motifs is 1. The number of hydrogen-bond donors (Lipinski definition) is 0. The van der Waals surface area contributed by atoms with Crippen molar-refractivity contribution in [3.8, 4) is 5.75 Å². The number of hydrogen-bond acceptors (Lipinski definition) is 4. The Bertz CT molecular complexity index is 963. The summed E-state index contributed by atoms with van der Waals surface area (Å²) in [5.74, 6) is 0.276. The van der Waals surface area contributed by atoms with Crippen LogP contribution in [0.4, 0.5) is 15.8 Å². The number of pyridine rings is 1. The van der Waals surface area contributed by atoms with Gasteiger partial charge in [0.25, 0.3) is 0 Å². The van der Waals surface area contributed by atoms with E-state index in [0.717, 1.165) is 17.1 Å². The van der Waals surface area contributed by atoms with E-state index in [1.54, 1.807) is 30.6 Å². The van der Waals surface area contributed by atoms with Crippen molar-refractivity contribution in [1.82, 2.24) is 4.98 Å². The van der Waals surface area contributed by atoms with E-state index in [0.29, 0.717) is 29.6 Å². The van der Waals surface area contributed by atoms with E-state index >= 15 is 0 Å². The Morgan fingerprint density at radius 2 is 2.04 bits per heavy atom. The molecule has 2 heterocycles. The maximum Gasteiger partial charge on any atom is 0.138 e. The van der Waals surface area contributed by atoms with E-state index in [-0.39, 0.29) is 5.82 Å². The normalized spacial score (nSPS) is 12.8. The van der Waals surface area contributed by atoms with Gasteiger partial charge in [-0.2, -0.15) is 0 Å². The molecule has 0 atom stereocenters. The first-order valence-electron chi connectivity index (χ1n) is 8.10. The molecule has 1 aromatic heterocycles. The van der Waals surface area contributed by atoms with Crippen molar-refractivity contribution in [2.24, 2.45) is 4.99 Å². The van der Waals surface area contributed by atoms with Crippen molar-refractivity contribution in [3.63, 3.8) is 0 Å². The summed E-state index contributed by atoms with van der Waals surface area (Å²) in [5, 5.41) is 0.478. The summed E-state index contributed by atoms with van der Waals surface area (Å²) in [6.45, 7) is 0.739. The van der Waals surface area contributed by atoms with Crippen molar-refractivity contribution >= 4 is 29.2 Å². The van der Waals surface area contributed by atoms with Gasteiger partial charge in [-0.1, -0.05) is 23.7 Å². The van der Waals surface area contributed by atoms with Crippen LogP contribution in [0, 0.1) is 5.82 Å². The second kappa shape index (κ2) is 7.14. The third kappa shape index (κ3) is 3.26. The molecular formula is C20H15ClFN3O. The molecule has 0 aliphatic carbocycles. The summed E-state index contributed by atoms with van der Waals surface area (Å²) in [7, 11) is 0. The number of benzene rings is 2. The molecule has 4 rings (SSSR count). The molecule has 2 aromatic carbocycles. The molecule has 26 heavy (non-hydrogen) atoms. The number of ether oxygens (including phenoxy) is 1. The summed E-state index contributed by atoms with van der Waals surface area (Å²) in [6, 6.07) is 16.1. The number of aromatic nitrogens is 1. The molecule has 0 spiro atoms. The quantitative estimate of drug-likeness (QED) is 0.652. The fourth-order valence-corrected chi connectivity index (χ4v) is 3.04. The molecule has 6 heteroatoms. The van der Waals surface area contributed by atoms with E-state index < -0.39 is 0 Å². The van der Waals surface area contributed by atoms with Gasteiger partial charge < -0.3 is 9.64 Å². The average molecular weight is 368 g/mol. The number of halogens is 2. The van der Waals surface area contributed by atoms with Gasteiger partial charge in [-0.3, -0.25) is 9.98 Å². The van der Waals surface area contributed by atoms with Crippen molar-refractivity contribution in [2.45, 2.75) is 6.61 Å². The highest BCUT2D eigenvalue weighted by atomic mass is 35.5. The lowest BCUT2D eigenvalue weighted by atomic mass is 10.1. The highest BCUT2D eigenvalue weighted by Gasteiger charge is 2.19. The number of rotatable bonds is 4. The van der Waals surface area contributed by atoms with Gasteiger partial charge in [0, 0.05) is 18.1 Å². The van der Waals surface area contributed by atoms with E-state index in [1.165, 1.54) is 6.07 Å². The zero-order valence-electron chi connectivity index (χ0n) is 13.8. The largest absolute Gasteiger partial charge is 0.486 e. The molecular weight excluding hydrogens is 353 g/mol. The number of aliphatic imine (C=N–C) groups is 1. The van der Waals surface area contributed by atoms with E-state index in [2.05, 4.69) is 9.98 Å². The van der Waals surface area contributed by atoms with Crippen LogP contribution in [0.3, 0.4) is 0 Å².